The highest BCUT2D eigenvalue weighted by Gasteiger charge is 2.36. The first kappa shape index (κ1) is 50.0. The second-order valence-corrected chi connectivity index (χ2v) is 17.6. The molecule has 0 unspecified atom stereocenters. The zero-order chi connectivity index (χ0) is 36.5. The van der Waals surface area contributed by atoms with Gasteiger partial charge in [-0.1, -0.05) is 279 Å². The zero-order valence-corrected chi connectivity index (χ0v) is 36.5. The van der Waals surface area contributed by atoms with Crippen LogP contribution in [0, 0.1) is 11.3 Å². The van der Waals surface area contributed by atoms with Gasteiger partial charge >= 0.3 is 0 Å². The monoisotopic (exact) mass is 703 g/mol. The van der Waals surface area contributed by atoms with E-state index in [-0.39, 0.29) is 0 Å². The Morgan fingerprint density at radius 2 is 0.400 bits per heavy atom. The van der Waals surface area contributed by atoms with Crippen LogP contribution in [0.5, 0.6) is 0 Å². The summed E-state index contributed by atoms with van der Waals surface area (Å²) in [6, 6.07) is 0. The second kappa shape index (κ2) is 41.8. The van der Waals surface area contributed by atoms with Crippen molar-refractivity contribution in [2.75, 3.05) is 0 Å². The summed E-state index contributed by atoms with van der Waals surface area (Å²) in [6.45, 7) is 11.8. The van der Waals surface area contributed by atoms with E-state index in [4.69, 9.17) is 0 Å². The molecule has 0 aliphatic rings. The zero-order valence-electron chi connectivity index (χ0n) is 36.5. The minimum atomic E-state index is 0.636. The van der Waals surface area contributed by atoms with Crippen LogP contribution in [0.4, 0.5) is 0 Å². The van der Waals surface area contributed by atoms with Crippen molar-refractivity contribution in [2.45, 2.75) is 311 Å². The molecule has 0 aromatic heterocycles. The summed E-state index contributed by atoms with van der Waals surface area (Å²) in [5, 5.41) is 0. The van der Waals surface area contributed by atoms with Gasteiger partial charge in [0.1, 0.15) is 0 Å². The van der Waals surface area contributed by atoms with E-state index in [1.54, 1.807) is 32.1 Å². The van der Waals surface area contributed by atoms with Crippen LogP contribution in [0.15, 0.2) is 0 Å². The number of hydrogen-bond donors (Lipinski definition) is 0. The lowest BCUT2D eigenvalue weighted by Gasteiger charge is -2.43. The average Bonchev–Trinajstić information content (AvgIpc) is 3.13. The number of hydrogen-bond acceptors (Lipinski definition) is 0. The van der Waals surface area contributed by atoms with Crippen molar-refractivity contribution in [2.24, 2.45) is 11.3 Å². The largest absolute Gasteiger partial charge is 0.0654 e. The van der Waals surface area contributed by atoms with Crippen LogP contribution in [0.2, 0.25) is 0 Å². The van der Waals surface area contributed by atoms with Crippen molar-refractivity contribution >= 4 is 0 Å². The summed E-state index contributed by atoms with van der Waals surface area (Å²) >= 11 is 0. The van der Waals surface area contributed by atoms with E-state index in [0.29, 0.717) is 5.41 Å². The maximum Gasteiger partial charge on any atom is -0.0269 e. The normalized spacial score (nSPS) is 12.1. The van der Waals surface area contributed by atoms with Crippen LogP contribution < -0.4 is 0 Å². The SMILES string of the molecule is CCCCCCCCCCCCC(CCCCCCCCC)(CCCCCCCCC)C(CCCCCCCCC)CCCCCCCCC. The van der Waals surface area contributed by atoms with E-state index >= 15 is 0 Å². The molecule has 0 saturated carbocycles. The second-order valence-electron chi connectivity index (χ2n) is 17.6. The predicted molar refractivity (Wildman–Crippen MR) is 233 cm³/mol. The maximum absolute atomic E-state index is 2.36. The summed E-state index contributed by atoms with van der Waals surface area (Å²) in [5.74, 6) is 0.993. The van der Waals surface area contributed by atoms with Gasteiger partial charge in [0.15, 0.2) is 0 Å². The molecule has 0 bridgehead atoms. The van der Waals surface area contributed by atoms with E-state index in [9.17, 15) is 0 Å². The Labute approximate surface area is 321 Å². The molecule has 0 heterocycles. The van der Waals surface area contributed by atoms with E-state index < -0.39 is 0 Å². The molecule has 0 aromatic carbocycles. The quantitative estimate of drug-likeness (QED) is 0.0555. The topological polar surface area (TPSA) is 0 Å². The molecule has 0 atom stereocenters. The molecular weight excluding hydrogens is 601 g/mol. The highest BCUT2D eigenvalue weighted by molar-refractivity contribution is 4.87. The van der Waals surface area contributed by atoms with Gasteiger partial charge in [-0.25, -0.2) is 0 Å². The van der Waals surface area contributed by atoms with Crippen molar-refractivity contribution in [1.29, 1.82) is 0 Å². The number of rotatable bonds is 44. The Hall–Kier alpha value is 0. The third-order valence-electron chi connectivity index (χ3n) is 12.8. The van der Waals surface area contributed by atoms with Crippen LogP contribution in [0.1, 0.15) is 311 Å². The van der Waals surface area contributed by atoms with Crippen LogP contribution >= 0.6 is 0 Å². The van der Waals surface area contributed by atoms with Gasteiger partial charge < -0.3 is 0 Å². The van der Waals surface area contributed by atoms with Crippen molar-refractivity contribution in [3.05, 3.63) is 0 Å². The highest BCUT2D eigenvalue weighted by atomic mass is 14.4. The van der Waals surface area contributed by atoms with Gasteiger partial charge in [-0.05, 0) is 43.4 Å². The van der Waals surface area contributed by atoms with Gasteiger partial charge in [0, 0.05) is 0 Å². The fraction of sp³-hybridized carbons (Fsp3) is 1.00. The molecule has 0 rings (SSSR count). The van der Waals surface area contributed by atoms with E-state index in [1.807, 2.05) is 0 Å². The molecule has 0 nitrogen and oxygen atoms in total. The van der Waals surface area contributed by atoms with Gasteiger partial charge in [-0.2, -0.15) is 0 Å². The summed E-state index contributed by atoms with van der Waals surface area (Å²) in [6.07, 6.45) is 63.7. The molecule has 0 heteroatoms. The molecule has 0 radical (unpaired) electrons. The van der Waals surface area contributed by atoms with Crippen molar-refractivity contribution in [3.8, 4) is 0 Å². The minimum absolute atomic E-state index is 0.636. The van der Waals surface area contributed by atoms with Crippen molar-refractivity contribution in [1.82, 2.24) is 0 Å². The summed E-state index contributed by atoms with van der Waals surface area (Å²) in [7, 11) is 0. The lowest BCUT2D eigenvalue weighted by molar-refractivity contribution is 0.0813. The molecule has 0 aliphatic carbocycles. The average molecular weight is 703 g/mol. The summed E-state index contributed by atoms with van der Waals surface area (Å²) in [5.41, 5.74) is 0.636. The van der Waals surface area contributed by atoms with Crippen LogP contribution in [0.3, 0.4) is 0 Å². The first-order valence-corrected chi connectivity index (χ1v) is 24.7. The van der Waals surface area contributed by atoms with Gasteiger partial charge in [0.05, 0.1) is 0 Å². The molecule has 302 valence electrons. The standard InChI is InChI=1S/C50H102/c1-6-11-16-21-26-27-28-33-38-43-48-50(46-41-36-31-24-19-14-9-4,47-42-37-32-25-20-15-10-5)49(44-39-34-29-22-17-12-7-2)45-40-35-30-23-18-13-8-3/h49H,6-48H2,1-5H3. The Morgan fingerprint density at radius 3 is 0.620 bits per heavy atom. The van der Waals surface area contributed by atoms with Crippen molar-refractivity contribution < 1.29 is 0 Å². The molecule has 0 saturated heterocycles. The highest BCUT2D eigenvalue weighted by Crippen LogP contribution is 2.48. The maximum atomic E-state index is 2.36. The molecule has 0 amide bonds. The predicted octanol–water partition coefficient (Wildman–Crippen LogP) is 19.5. The fourth-order valence-corrected chi connectivity index (χ4v) is 9.27. The van der Waals surface area contributed by atoms with Crippen molar-refractivity contribution in [3.63, 3.8) is 0 Å². The Morgan fingerprint density at radius 1 is 0.220 bits per heavy atom. The third kappa shape index (κ3) is 32.6. The van der Waals surface area contributed by atoms with Gasteiger partial charge in [-0.3, -0.25) is 0 Å². The van der Waals surface area contributed by atoms with Crippen LogP contribution in [-0.2, 0) is 0 Å². The van der Waals surface area contributed by atoms with Gasteiger partial charge in [0.25, 0.3) is 0 Å². The Balaban J connectivity index is 5.66. The Kier molecular flexibility index (Phi) is 41.8. The summed E-state index contributed by atoms with van der Waals surface area (Å²) in [4.78, 5) is 0. The van der Waals surface area contributed by atoms with E-state index in [1.165, 1.54) is 244 Å². The fourth-order valence-electron chi connectivity index (χ4n) is 9.27. The number of unbranched alkanes of at least 4 members (excludes halogenated alkanes) is 33. The summed E-state index contributed by atoms with van der Waals surface area (Å²) < 4.78 is 0. The minimum Gasteiger partial charge on any atom is -0.0654 e. The molecule has 0 N–H and O–H groups in total. The molecule has 0 spiro atoms. The Bertz CT molecular complexity index is 555. The smallest absolute Gasteiger partial charge is 0.0269 e. The van der Waals surface area contributed by atoms with Gasteiger partial charge in [0.2, 0.25) is 0 Å². The third-order valence-corrected chi connectivity index (χ3v) is 12.8. The lowest BCUT2D eigenvalue weighted by atomic mass is 9.62. The van der Waals surface area contributed by atoms with Crippen LogP contribution in [0.25, 0.3) is 0 Å². The van der Waals surface area contributed by atoms with E-state index in [2.05, 4.69) is 34.6 Å². The molecule has 0 fully saturated rings. The van der Waals surface area contributed by atoms with Crippen LogP contribution in [-0.4, -0.2) is 0 Å². The molecule has 50 heavy (non-hydrogen) atoms. The van der Waals surface area contributed by atoms with E-state index in [0.717, 1.165) is 5.92 Å². The molecule has 0 aromatic rings. The molecule has 0 aliphatic heterocycles. The first-order chi connectivity index (χ1) is 24.7. The molecular formula is C50H102. The lowest BCUT2D eigenvalue weighted by Crippen LogP contribution is -2.32. The first-order valence-electron chi connectivity index (χ1n) is 24.7. The van der Waals surface area contributed by atoms with Gasteiger partial charge in [-0.15, -0.1) is 0 Å².